The molecule has 0 aromatic heterocycles. The van der Waals surface area contributed by atoms with Crippen LogP contribution in [0.15, 0.2) is 18.2 Å². The Morgan fingerprint density at radius 3 is 2.50 bits per heavy atom. The van der Waals surface area contributed by atoms with Crippen molar-refractivity contribution in [3.05, 3.63) is 33.8 Å². The summed E-state index contributed by atoms with van der Waals surface area (Å²) in [5.74, 6) is 0.377. The minimum Gasteiger partial charge on any atom is -0.313 e. The van der Waals surface area contributed by atoms with Crippen molar-refractivity contribution in [1.29, 1.82) is 0 Å². The van der Waals surface area contributed by atoms with Crippen molar-refractivity contribution < 1.29 is 0 Å². The average molecular weight is 288 g/mol. The van der Waals surface area contributed by atoms with E-state index < -0.39 is 0 Å². The van der Waals surface area contributed by atoms with Crippen LogP contribution in [0.1, 0.15) is 51.5 Å². The maximum Gasteiger partial charge on any atom is 0.0627 e. The SMILES string of the molecule is CCCNC(CCC)C(C)c1cccc(Cl)c1Cl. The Morgan fingerprint density at radius 2 is 1.89 bits per heavy atom. The Balaban J connectivity index is 2.86. The second-order valence-electron chi connectivity index (χ2n) is 4.78. The molecule has 3 heteroatoms. The summed E-state index contributed by atoms with van der Waals surface area (Å²) in [5.41, 5.74) is 1.14. The Labute approximate surface area is 121 Å². The summed E-state index contributed by atoms with van der Waals surface area (Å²) in [6.45, 7) is 7.67. The fourth-order valence-electron chi connectivity index (χ4n) is 2.26. The first kappa shape index (κ1) is 15.8. The zero-order valence-electron chi connectivity index (χ0n) is 11.5. The summed E-state index contributed by atoms with van der Waals surface area (Å²) < 4.78 is 0. The summed E-state index contributed by atoms with van der Waals surface area (Å²) in [5, 5.41) is 4.96. The third-order valence-electron chi connectivity index (χ3n) is 3.33. The van der Waals surface area contributed by atoms with Gasteiger partial charge in [-0.25, -0.2) is 0 Å². The van der Waals surface area contributed by atoms with Crippen molar-refractivity contribution >= 4 is 23.2 Å². The molecule has 1 N–H and O–H groups in total. The van der Waals surface area contributed by atoms with Gasteiger partial charge in [-0.2, -0.15) is 0 Å². The van der Waals surface area contributed by atoms with E-state index >= 15 is 0 Å². The minimum absolute atomic E-state index is 0.377. The van der Waals surface area contributed by atoms with Crippen LogP contribution in [-0.2, 0) is 0 Å². The molecule has 1 rings (SSSR count). The monoisotopic (exact) mass is 287 g/mol. The summed E-state index contributed by atoms with van der Waals surface area (Å²) in [6.07, 6.45) is 3.48. The quantitative estimate of drug-likeness (QED) is 0.721. The van der Waals surface area contributed by atoms with Gasteiger partial charge in [0.05, 0.1) is 10.0 Å². The lowest BCUT2D eigenvalue weighted by atomic mass is 9.90. The van der Waals surface area contributed by atoms with Crippen LogP contribution in [0.5, 0.6) is 0 Å². The lowest BCUT2D eigenvalue weighted by molar-refractivity contribution is 0.421. The van der Waals surface area contributed by atoms with E-state index in [1.54, 1.807) is 0 Å². The smallest absolute Gasteiger partial charge is 0.0627 e. The molecule has 0 heterocycles. The molecule has 0 bridgehead atoms. The van der Waals surface area contributed by atoms with Gasteiger partial charge in [0.25, 0.3) is 0 Å². The fourth-order valence-corrected chi connectivity index (χ4v) is 2.74. The van der Waals surface area contributed by atoms with Gasteiger partial charge in [-0.1, -0.05) is 62.5 Å². The molecule has 0 fully saturated rings. The summed E-state index contributed by atoms with van der Waals surface area (Å²) >= 11 is 12.4. The highest BCUT2D eigenvalue weighted by molar-refractivity contribution is 6.42. The van der Waals surface area contributed by atoms with Gasteiger partial charge in [0.15, 0.2) is 0 Å². The molecular formula is C15H23Cl2N. The van der Waals surface area contributed by atoms with Crippen molar-refractivity contribution in [2.45, 2.75) is 52.0 Å². The fraction of sp³-hybridized carbons (Fsp3) is 0.600. The Morgan fingerprint density at radius 1 is 1.17 bits per heavy atom. The topological polar surface area (TPSA) is 12.0 Å². The number of nitrogens with one attached hydrogen (secondary N) is 1. The molecule has 1 aromatic rings. The number of hydrogen-bond donors (Lipinski definition) is 1. The van der Waals surface area contributed by atoms with E-state index in [1.807, 2.05) is 12.1 Å². The van der Waals surface area contributed by atoms with Crippen LogP contribution < -0.4 is 5.32 Å². The van der Waals surface area contributed by atoms with Gasteiger partial charge in [-0.15, -0.1) is 0 Å². The highest BCUT2D eigenvalue weighted by Gasteiger charge is 2.20. The largest absolute Gasteiger partial charge is 0.313 e. The molecule has 0 spiro atoms. The first-order chi connectivity index (χ1) is 8.61. The maximum absolute atomic E-state index is 6.31. The van der Waals surface area contributed by atoms with Crippen LogP contribution in [0.3, 0.4) is 0 Å². The zero-order valence-corrected chi connectivity index (χ0v) is 13.0. The lowest BCUT2D eigenvalue weighted by Crippen LogP contribution is -2.34. The van der Waals surface area contributed by atoms with Gasteiger partial charge in [-0.3, -0.25) is 0 Å². The van der Waals surface area contributed by atoms with E-state index in [2.05, 4.69) is 32.2 Å². The predicted octanol–water partition coefficient (Wildman–Crippen LogP) is 5.27. The molecule has 0 amide bonds. The molecule has 0 radical (unpaired) electrons. The van der Waals surface area contributed by atoms with Crippen molar-refractivity contribution in [3.8, 4) is 0 Å². The molecule has 102 valence electrons. The molecule has 1 nitrogen and oxygen atoms in total. The maximum atomic E-state index is 6.31. The molecule has 2 atom stereocenters. The predicted molar refractivity (Wildman–Crippen MR) is 81.9 cm³/mol. The normalized spacial score (nSPS) is 14.5. The molecule has 0 aliphatic rings. The molecule has 0 aliphatic heterocycles. The van der Waals surface area contributed by atoms with Crippen LogP contribution in [0.2, 0.25) is 10.0 Å². The van der Waals surface area contributed by atoms with Gasteiger partial charge in [0, 0.05) is 6.04 Å². The highest BCUT2D eigenvalue weighted by Crippen LogP contribution is 2.33. The van der Waals surface area contributed by atoms with E-state index in [9.17, 15) is 0 Å². The molecule has 0 saturated carbocycles. The van der Waals surface area contributed by atoms with Gasteiger partial charge in [0.1, 0.15) is 0 Å². The third kappa shape index (κ3) is 4.15. The van der Waals surface area contributed by atoms with Gasteiger partial charge >= 0.3 is 0 Å². The Kier molecular flexibility index (Phi) is 7.06. The summed E-state index contributed by atoms with van der Waals surface area (Å²) in [7, 11) is 0. The third-order valence-corrected chi connectivity index (χ3v) is 4.17. The molecule has 18 heavy (non-hydrogen) atoms. The Bertz CT molecular complexity index is 366. The standard InChI is InChI=1S/C15H23Cl2N/c1-4-7-14(18-10-5-2)11(3)12-8-6-9-13(16)15(12)17/h6,8-9,11,14,18H,4-5,7,10H2,1-3H3. The second kappa shape index (κ2) is 8.04. The van der Waals surface area contributed by atoms with Crippen molar-refractivity contribution in [3.63, 3.8) is 0 Å². The Hall–Kier alpha value is -0.240. The van der Waals surface area contributed by atoms with Crippen LogP contribution in [0, 0.1) is 0 Å². The zero-order chi connectivity index (χ0) is 13.5. The molecule has 0 aliphatic carbocycles. The number of rotatable bonds is 7. The molecule has 0 saturated heterocycles. The lowest BCUT2D eigenvalue weighted by Gasteiger charge is -2.26. The number of halogens is 2. The van der Waals surface area contributed by atoms with Gasteiger partial charge in [0.2, 0.25) is 0 Å². The first-order valence-corrected chi connectivity index (χ1v) is 7.54. The van der Waals surface area contributed by atoms with Crippen molar-refractivity contribution in [2.24, 2.45) is 0 Å². The number of benzene rings is 1. The van der Waals surface area contributed by atoms with Crippen LogP contribution in [0.25, 0.3) is 0 Å². The first-order valence-electron chi connectivity index (χ1n) is 6.79. The average Bonchev–Trinajstić information content (AvgIpc) is 2.37. The molecule has 1 aromatic carbocycles. The van der Waals surface area contributed by atoms with Crippen LogP contribution >= 0.6 is 23.2 Å². The molecule has 2 unspecified atom stereocenters. The highest BCUT2D eigenvalue weighted by atomic mass is 35.5. The van der Waals surface area contributed by atoms with Crippen LogP contribution in [0.4, 0.5) is 0 Å². The second-order valence-corrected chi connectivity index (χ2v) is 5.57. The molecular weight excluding hydrogens is 265 g/mol. The van der Waals surface area contributed by atoms with E-state index in [-0.39, 0.29) is 0 Å². The van der Waals surface area contributed by atoms with E-state index in [1.165, 1.54) is 6.42 Å². The van der Waals surface area contributed by atoms with Crippen molar-refractivity contribution in [2.75, 3.05) is 6.54 Å². The van der Waals surface area contributed by atoms with Crippen molar-refractivity contribution in [1.82, 2.24) is 5.32 Å². The van der Waals surface area contributed by atoms with Crippen LogP contribution in [-0.4, -0.2) is 12.6 Å². The number of hydrogen-bond acceptors (Lipinski definition) is 1. The summed E-state index contributed by atoms with van der Waals surface area (Å²) in [4.78, 5) is 0. The van der Waals surface area contributed by atoms with Gasteiger partial charge in [-0.05, 0) is 36.9 Å². The van der Waals surface area contributed by atoms with E-state index in [0.717, 1.165) is 24.9 Å². The van der Waals surface area contributed by atoms with E-state index in [4.69, 9.17) is 23.2 Å². The van der Waals surface area contributed by atoms with E-state index in [0.29, 0.717) is 22.0 Å². The van der Waals surface area contributed by atoms with Gasteiger partial charge < -0.3 is 5.32 Å². The summed E-state index contributed by atoms with van der Waals surface area (Å²) in [6, 6.07) is 6.36. The minimum atomic E-state index is 0.377.